The third-order valence-corrected chi connectivity index (χ3v) is 6.55. The lowest BCUT2D eigenvalue weighted by Gasteiger charge is -2.39. The quantitative estimate of drug-likeness (QED) is 0.575. The summed E-state index contributed by atoms with van der Waals surface area (Å²) in [6.45, 7) is 4.03. The Kier molecular flexibility index (Phi) is 4.62. The fourth-order valence-corrected chi connectivity index (χ4v) is 4.56. The lowest BCUT2D eigenvalue weighted by atomic mass is 9.97. The maximum Gasteiger partial charge on any atom is 0.262 e. The first kappa shape index (κ1) is 19.9. The summed E-state index contributed by atoms with van der Waals surface area (Å²) in [6.07, 6.45) is 0. The van der Waals surface area contributed by atoms with Crippen molar-refractivity contribution >= 4 is 33.9 Å². The van der Waals surface area contributed by atoms with Crippen molar-refractivity contribution in [3.63, 3.8) is 0 Å². The minimum atomic E-state index is -0.361. The van der Waals surface area contributed by atoms with Gasteiger partial charge in [-0.15, -0.1) is 0 Å². The number of carbonyl (C=O) groups is 1. The zero-order valence-corrected chi connectivity index (χ0v) is 18.5. The van der Waals surface area contributed by atoms with Crippen molar-refractivity contribution in [3.05, 3.63) is 48.5 Å². The molecule has 1 saturated heterocycles. The Balaban J connectivity index is 1.48. The lowest BCUT2D eigenvalue weighted by Crippen LogP contribution is -2.55. The fraction of sp³-hybridized carbons (Fsp3) is 0.280. The van der Waals surface area contributed by atoms with Gasteiger partial charge in [-0.05, 0) is 53.6 Å². The molecule has 3 aliphatic rings. The molecule has 33 heavy (non-hydrogen) atoms. The molecule has 0 spiro atoms. The Labute approximate surface area is 191 Å². The molecule has 3 aromatic carbocycles. The smallest absolute Gasteiger partial charge is 0.262 e. The minimum Gasteiger partial charge on any atom is -0.497 e. The van der Waals surface area contributed by atoms with E-state index in [0.29, 0.717) is 18.5 Å². The van der Waals surface area contributed by atoms with Gasteiger partial charge in [0, 0.05) is 24.3 Å². The van der Waals surface area contributed by atoms with Gasteiger partial charge < -0.3 is 25.0 Å². The molecule has 1 atom stereocenters. The largest absolute Gasteiger partial charge is 0.497 e. The van der Waals surface area contributed by atoms with Crippen molar-refractivity contribution in [1.29, 1.82) is 0 Å². The van der Waals surface area contributed by atoms with Gasteiger partial charge in [0.15, 0.2) is 5.84 Å². The molecule has 3 aliphatic heterocycles. The number of hydrazone groups is 1. The number of rotatable bonds is 4. The summed E-state index contributed by atoms with van der Waals surface area (Å²) < 4.78 is 11.4. The zero-order valence-electron chi connectivity index (χ0n) is 18.5. The highest BCUT2D eigenvalue weighted by molar-refractivity contribution is 6.10. The van der Waals surface area contributed by atoms with E-state index < -0.39 is 0 Å². The average molecular weight is 444 g/mol. The molecular formula is C25H25N5O3. The predicted octanol–water partition coefficient (Wildman–Crippen LogP) is 2.93. The van der Waals surface area contributed by atoms with Gasteiger partial charge >= 0.3 is 0 Å². The van der Waals surface area contributed by atoms with Crippen LogP contribution in [-0.4, -0.2) is 50.6 Å². The Bertz CT molecular complexity index is 1300. The number of methoxy groups -OCH3 is 1. The Morgan fingerprint density at radius 1 is 1.12 bits per heavy atom. The predicted molar refractivity (Wildman–Crippen MR) is 129 cm³/mol. The standard InChI is InChI=1S/C25H25N5O3/c1-14-25(31)29-28-24-13-33-23-9-20(21(10-22(23)30(14)24)27-18-11-26-12-18)17-4-3-16-8-19(32-2)6-5-15(16)7-17/h3-10,14,18,26-27H,11-13H2,1-2H3,(H,29,31). The highest BCUT2D eigenvalue weighted by Crippen LogP contribution is 2.43. The molecule has 6 rings (SSSR count). The Morgan fingerprint density at radius 3 is 2.73 bits per heavy atom. The highest BCUT2D eigenvalue weighted by Gasteiger charge is 2.36. The highest BCUT2D eigenvalue weighted by atomic mass is 16.5. The maximum absolute atomic E-state index is 12.3. The van der Waals surface area contributed by atoms with Crippen LogP contribution >= 0.6 is 0 Å². The van der Waals surface area contributed by atoms with Crippen LogP contribution < -0.4 is 30.4 Å². The number of nitrogens with zero attached hydrogens (tertiary/aromatic N) is 2. The summed E-state index contributed by atoms with van der Waals surface area (Å²) in [5.41, 5.74) is 6.61. The van der Waals surface area contributed by atoms with Gasteiger partial charge in [0.05, 0.1) is 18.8 Å². The number of benzene rings is 3. The van der Waals surface area contributed by atoms with E-state index in [4.69, 9.17) is 9.47 Å². The molecule has 1 fully saturated rings. The van der Waals surface area contributed by atoms with Crippen molar-refractivity contribution < 1.29 is 14.3 Å². The van der Waals surface area contributed by atoms with E-state index in [9.17, 15) is 4.79 Å². The zero-order chi connectivity index (χ0) is 22.5. The minimum absolute atomic E-state index is 0.127. The van der Waals surface area contributed by atoms with Crippen LogP contribution in [0.1, 0.15) is 6.92 Å². The molecule has 0 bridgehead atoms. The number of amides is 1. The topological polar surface area (TPSA) is 87.2 Å². The second-order valence-electron chi connectivity index (χ2n) is 8.63. The number of amidine groups is 1. The van der Waals surface area contributed by atoms with E-state index in [1.165, 1.54) is 0 Å². The lowest BCUT2D eigenvalue weighted by molar-refractivity contribution is -0.122. The van der Waals surface area contributed by atoms with E-state index >= 15 is 0 Å². The van der Waals surface area contributed by atoms with Crippen molar-refractivity contribution in [2.24, 2.45) is 5.10 Å². The number of ether oxygens (including phenoxy) is 2. The van der Waals surface area contributed by atoms with Crippen LogP contribution in [0.5, 0.6) is 11.5 Å². The van der Waals surface area contributed by atoms with E-state index in [-0.39, 0.29) is 11.9 Å². The molecule has 168 valence electrons. The normalized spacial score (nSPS) is 19.6. The molecule has 1 amide bonds. The second-order valence-corrected chi connectivity index (χ2v) is 8.63. The monoisotopic (exact) mass is 443 g/mol. The van der Waals surface area contributed by atoms with Crippen molar-refractivity contribution in [2.75, 3.05) is 37.0 Å². The van der Waals surface area contributed by atoms with Gasteiger partial charge in [0.2, 0.25) is 0 Å². The number of anilines is 2. The third-order valence-electron chi connectivity index (χ3n) is 6.55. The molecule has 8 nitrogen and oxygen atoms in total. The van der Waals surface area contributed by atoms with Gasteiger partial charge in [-0.3, -0.25) is 4.79 Å². The first-order valence-electron chi connectivity index (χ1n) is 11.1. The SMILES string of the molecule is COc1ccc2cc(-c3cc4c(cc3NC3CNC3)N3C(=NNC(=O)C3C)CO4)ccc2c1. The summed E-state index contributed by atoms with van der Waals surface area (Å²) in [4.78, 5) is 14.3. The first-order chi connectivity index (χ1) is 16.1. The second kappa shape index (κ2) is 7.67. The Morgan fingerprint density at radius 2 is 1.94 bits per heavy atom. The van der Waals surface area contributed by atoms with Crippen molar-refractivity contribution in [3.8, 4) is 22.6 Å². The van der Waals surface area contributed by atoms with Crippen LogP contribution in [0.3, 0.4) is 0 Å². The number of hydrogen-bond donors (Lipinski definition) is 3. The van der Waals surface area contributed by atoms with Crippen LogP contribution in [-0.2, 0) is 4.79 Å². The molecule has 3 N–H and O–H groups in total. The van der Waals surface area contributed by atoms with E-state index in [1.54, 1.807) is 7.11 Å². The third kappa shape index (κ3) is 3.34. The van der Waals surface area contributed by atoms with Crippen LogP contribution in [0.4, 0.5) is 11.4 Å². The van der Waals surface area contributed by atoms with Gasteiger partial charge in [-0.2, -0.15) is 5.10 Å². The molecular weight excluding hydrogens is 418 g/mol. The van der Waals surface area contributed by atoms with E-state index in [1.807, 2.05) is 24.0 Å². The van der Waals surface area contributed by atoms with E-state index in [0.717, 1.165) is 57.9 Å². The average Bonchev–Trinajstić information content (AvgIpc) is 2.82. The van der Waals surface area contributed by atoms with Gasteiger partial charge in [0.25, 0.3) is 5.91 Å². The summed E-state index contributed by atoms with van der Waals surface area (Å²) in [5, 5.41) is 13.5. The van der Waals surface area contributed by atoms with Crippen LogP contribution in [0.25, 0.3) is 21.9 Å². The van der Waals surface area contributed by atoms with E-state index in [2.05, 4.69) is 57.6 Å². The van der Waals surface area contributed by atoms with Crippen LogP contribution in [0.2, 0.25) is 0 Å². The van der Waals surface area contributed by atoms with Gasteiger partial charge in [-0.25, -0.2) is 5.43 Å². The van der Waals surface area contributed by atoms with Crippen molar-refractivity contribution in [1.82, 2.24) is 10.7 Å². The first-order valence-corrected chi connectivity index (χ1v) is 11.1. The Hall–Kier alpha value is -3.78. The number of fused-ring (bicyclic) bond motifs is 4. The summed E-state index contributed by atoms with van der Waals surface area (Å²) in [5.74, 6) is 2.17. The summed E-state index contributed by atoms with van der Waals surface area (Å²) >= 11 is 0. The molecule has 0 saturated carbocycles. The summed E-state index contributed by atoms with van der Waals surface area (Å²) in [7, 11) is 1.68. The molecule has 1 unspecified atom stereocenters. The van der Waals surface area contributed by atoms with Crippen molar-refractivity contribution in [2.45, 2.75) is 19.0 Å². The molecule has 0 aromatic heterocycles. The molecule has 3 aromatic rings. The van der Waals surface area contributed by atoms with Crippen LogP contribution in [0, 0.1) is 0 Å². The maximum atomic E-state index is 12.3. The van der Waals surface area contributed by atoms with Gasteiger partial charge in [-0.1, -0.05) is 18.2 Å². The number of hydrogen-bond acceptors (Lipinski definition) is 7. The van der Waals surface area contributed by atoms with Crippen LogP contribution in [0.15, 0.2) is 53.6 Å². The molecule has 0 radical (unpaired) electrons. The summed E-state index contributed by atoms with van der Waals surface area (Å²) in [6, 6.07) is 16.7. The molecule has 8 heteroatoms. The number of nitrogens with one attached hydrogen (secondary N) is 3. The molecule has 0 aliphatic carbocycles. The van der Waals surface area contributed by atoms with Gasteiger partial charge in [0.1, 0.15) is 24.1 Å². The fourth-order valence-electron chi connectivity index (χ4n) is 4.56. The molecule has 3 heterocycles. The number of carbonyl (C=O) groups excluding carboxylic acids is 1.